The molecule has 0 aromatic rings. The lowest BCUT2D eigenvalue weighted by Crippen LogP contribution is -2.42. The number of aliphatic carboxylic acids is 1. The number of carboxylic acids is 1. The van der Waals surface area contributed by atoms with Crippen molar-refractivity contribution >= 4 is 17.8 Å². The molecule has 0 aliphatic carbocycles. The maximum absolute atomic E-state index is 11.3. The van der Waals surface area contributed by atoms with Crippen molar-refractivity contribution in [2.75, 3.05) is 7.11 Å². The van der Waals surface area contributed by atoms with E-state index in [2.05, 4.69) is 10.1 Å². The Kier molecular flexibility index (Phi) is 6.14. The van der Waals surface area contributed by atoms with Crippen LogP contribution in [0.3, 0.4) is 0 Å². The van der Waals surface area contributed by atoms with Gasteiger partial charge >= 0.3 is 11.9 Å². The topological polar surface area (TPSA) is 92.7 Å². The van der Waals surface area contributed by atoms with Crippen LogP contribution in [0.1, 0.15) is 26.7 Å². The summed E-state index contributed by atoms with van der Waals surface area (Å²) >= 11 is 0. The summed E-state index contributed by atoms with van der Waals surface area (Å²) in [6, 6.07) is -0.781. The molecule has 0 heterocycles. The Bertz CT molecular complexity index is 274. The highest BCUT2D eigenvalue weighted by atomic mass is 16.5. The molecule has 6 heteroatoms. The van der Waals surface area contributed by atoms with Gasteiger partial charge in [0.05, 0.1) is 7.11 Å². The van der Waals surface area contributed by atoms with Crippen molar-refractivity contribution in [3.63, 3.8) is 0 Å². The maximum atomic E-state index is 11.3. The predicted octanol–water partition coefficient (Wildman–Crippen LogP) is 0.165. The number of hydrogen-bond donors (Lipinski definition) is 2. The molecule has 0 saturated carbocycles. The molecule has 0 aromatic carbocycles. The number of amides is 1. The molecule has 0 spiro atoms. The van der Waals surface area contributed by atoms with Crippen molar-refractivity contribution in [2.24, 2.45) is 5.92 Å². The molecule has 6 nitrogen and oxygen atoms in total. The summed E-state index contributed by atoms with van der Waals surface area (Å²) in [5, 5.41) is 10.7. The van der Waals surface area contributed by atoms with Crippen LogP contribution in [-0.2, 0) is 19.1 Å². The van der Waals surface area contributed by atoms with E-state index in [0.29, 0.717) is 6.42 Å². The molecule has 0 saturated heterocycles. The molecule has 92 valence electrons. The molecule has 0 aliphatic rings. The Hall–Kier alpha value is -1.59. The molecule has 1 atom stereocenters. The van der Waals surface area contributed by atoms with Crippen LogP contribution in [0, 0.1) is 5.92 Å². The average Bonchev–Trinajstić information content (AvgIpc) is 2.13. The minimum Gasteiger partial charge on any atom is -0.481 e. The van der Waals surface area contributed by atoms with E-state index >= 15 is 0 Å². The SMILES string of the molecule is COC(=O)C(CC(C)C)NC(=O)CC(=O)O. The van der Waals surface area contributed by atoms with E-state index in [9.17, 15) is 14.4 Å². The minimum atomic E-state index is -1.23. The highest BCUT2D eigenvalue weighted by Crippen LogP contribution is 2.06. The lowest BCUT2D eigenvalue weighted by Gasteiger charge is -2.17. The first kappa shape index (κ1) is 14.4. The van der Waals surface area contributed by atoms with Crippen LogP contribution >= 0.6 is 0 Å². The molecule has 0 bridgehead atoms. The van der Waals surface area contributed by atoms with Gasteiger partial charge in [-0.1, -0.05) is 13.8 Å². The third-order valence-electron chi connectivity index (χ3n) is 1.84. The first-order valence-electron chi connectivity index (χ1n) is 4.95. The molecular weight excluding hydrogens is 214 g/mol. The van der Waals surface area contributed by atoms with E-state index in [0.717, 1.165) is 0 Å². The van der Waals surface area contributed by atoms with Crippen molar-refractivity contribution in [1.29, 1.82) is 0 Å². The lowest BCUT2D eigenvalue weighted by molar-refractivity contribution is -0.147. The largest absolute Gasteiger partial charge is 0.481 e. The van der Waals surface area contributed by atoms with Gasteiger partial charge in [0.1, 0.15) is 12.5 Å². The smallest absolute Gasteiger partial charge is 0.328 e. The molecular formula is C10H17NO5. The molecule has 1 unspecified atom stereocenters. The number of carbonyl (C=O) groups excluding carboxylic acids is 2. The van der Waals surface area contributed by atoms with Gasteiger partial charge in [0.2, 0.25) is 5.91 Å². The summed E-state index contributed by atoms with van der Waals surface area (Å²) in [6.45, 7) is 3.78. The average molecular weight is 231 g/mol. The van der Waals surface area contributed by atoms with Gasteiger partial charge in [0.15, 0.2) is 0 Å². The van der Waals surface area contributed by atoms with Gasteiger partial charge < -0.3 is 15.2 Å². The van der Waals surface area contributed by atoms with E-state index in [1.54, 1.807) is 0 Å². The lowest BCUT2D eigenvalue weighted by atomic mass is 10.0. The first-order chi connectivity index (χ1) is 7.36. The molecule has 0 aliphatic heterocycles. The molecule has 0 fully saturated rings. The van der Waals surface area contributed by atoms with Crippen LogP contribution in [-0.4, -0.2) is 36.1 Å². The van der Waals surface area contributed by atoms with Crippen LogP contribution in [0.5, 0.6) is 0 Å². The molecule has 1 amide bonds. The van der Waals surface area contributed by atoms with Crippen LogP contribution in [0.4, 0.5) is 0 Å². The molecule has 0 radical (unpaired) electrons. The fraction of sp³-hybridized carbons (Fsp3) is 0.700. The summed E-state index contributed by atoms with van der Waals surface area (Å²) in [5.41, 5.74) is 0. The number of esters is 1. The normalized spacial score (nSPS) is 12.0. The number of methoxy groups -OCH3 is 1. The summed E-state index contributed by atoms with van der Waals surface area (Å²) in [7, 11) is 1.22. The van der Waals surface area contributed by atoms with Crippen molar-refractivity contribution in [2.45, 2.75) is 32.7 Å². The van der Waals surface area contributed by atoms with Crippen LogP contribution in [0.2, 0.25) is 0 Å². The third-order valence-corrected chi connectivity index (χ3v) is 1.84. The quantitative estimate of drug-likeness (QED) is 0.502. The fourth-order valence-electron chi connectivity index (χ4n) is 1.21. The summed E-state index contributed by atoms with van der Waals surface area (Å²) in [6.07, 6.45) is -0.233. The standard InChI is InChI=1S/C10H17NO5/c1-6(2)4-7(10(15)16-3)11-8(12)5-9(13)14/h6-7H,4-5H2,1-3H3,(H,11,12)(H,13,14). The number of ether oxygens (including phenoxy) is 1. The van der Waals surface area contributed by atoms with E-state index in [1.165, 1.54) is 7.11 Å². The first-order valence-corrected chi connectivity index (χ1v) is 4.95. The number of nitrogens with one attached hydrogen (secondary N) is 1. The molecule has 0 aromatic heterocycles. The summed E-state index contributed by atoms with van der Waals surface area (Å²) < 4.78 is 4.52. The zero-order valence-corrected chi connectivity index (χ0v) is 9.65. The zero-order valence-electron chi connectivity index (χ0n) is 9.65. The van der Waals surface area contributed by atoms with Crippen LogP contribution < -0.4 is 5.32 Å². The number of carboxylic acid groups (broad SMARTS) is 1. The molecule has 2 N–H and O–H groups in total. The molecule has 16 heavy (non-hydrogen) atoms. The maximum Gasteiger partial charge on any atom is 0.328 e. The Labute approximate surface area is 94.0 Å². The highest BCUT2D eigenvalue weighted by molar-refractivity contribution is 5.95. The van der Waals surface area contributed by atoms with Crippen molar-refractivity contribution in [3.05, 3.63) is 0 Å². The Morgan fingerprint density at radius 3 is 2.25 bits per heavy atom. The Morgan fingerprint density at radius 1 is 1.31 bits per heavy atom. The van der Waals surface area contributed by atoms with Crippen LogP contribution in [0.25, 0.3) is 0 Å². The van der Waals surface area contributed by atoms with Gasteiger partial charge in [-0.2, -0.15) is 0 Å². The van der Waals surface area contributed by atoms with Crippen LogP contribution in [0.15, 0.2) is 0 Å². The second-order valence-corrected chi connectivity index (χ2v) is 3.84. The number of rotatable bonds is 6. The third kappa shape index (κ3) is 6.00. The van der Waals surface area contributed by atoms with Crippen molar-refractivity contribution in [1.82, 2.24) is 5.32 Å². The summed E-state index contributed by atoms with van der Waals surface area (Å²) in [5.74, 6) is -2.30. The van der Waals surface area contributed by atoms with E-state index in [1.807, 2.05) is 13.8 Å². The molecule has 0 rings (SSSR count). The van der Waals surface area contributed by atoms with Gasteiger partial charge in [-0.25, -0.2) is 4.79 Å². The van der Waals surface area contributed by atoms with Gasteiger partial charge in [0.25, 0.3) is 0 Å². The van der Waals surface area contributed by atoms with Gasteiger partial charge in [-0.05, 0) is 12.3 Å². The minimum absolute atomic E-state index is 0.189. The zero-order chi connectivity index (χ0) is 12.7. The highest BCUT2D eigenvalue weighted by Gasteiger charge is 2.23. The van der Waals surface area contributed by atoms with Gasteiger partial charge in [-0.15, -0.1) is 0 Å². The van der Waals surface area contributed by atoms with Gasteiger partial charge in [-0.3, -0.25) is 9.59 Å². The van der Waals surface area contributed by atoms with Crippen molar-refractivity contribution in [3.8, 4) is 0 Å². The van der Waals surface area contributed by atoms with E-state index < -0.39 is 30.3 Å². The van der Waals surface area contributed by atoms with Gasteiger partial charge in [0, 0.05) is 0 Å². The fourth-order valence-corrected chi connectivity index (χ4v) is 1.21. The monoisotopic (exact) mass is 231 g/mol. The van der Waals surface area contributed by atoms with E-state index in [-0.39, 0.29) is 5.92 Å². The predicted molar refractivity (Wildman–Crippen MR) is 55.7 cm³/mol. The van der Waals surface area contributed by atoms with E-state index in [4.69, 9.17) is 5.11 Å². The Morgan fingerprint density at radius 2 is 1.88 bits per heavy atom. The second kappa shape index (κ2) is 6.81. The number of hydrogen-bond acceptors (Lipinski definition) is 4. The summed E-state index contributed by atoms with van der Waals surface area (Å²) in [4.78, 5) is 32.7. The van der Waals surface area contributed by atoms with Crippen molar-refractivity contribution < 1.29 is 24.2 Å². The number of carbonyl (C=O) groups is 3. The Balaban J connectivity index is 4.36. The second-order valence-electron chi connectivity index (χ2n) is 3.84.